The zero-order valence-electron chi connectivity index (χ0n) is 25.9. The van der Waals surface area contributed by atoms with Crippen LogP contribution in [-0.4, -0.2) is 85.1 Å². The number of nitrogens with zero attached hydrogens (tertiary/aromatic N) is 3. The molecule has 13 heteroatoms. The molecule has 0 amide bonds. The highest BCUT2D eigenvalue weighted by Gasteiger charge is 2.47. The number of aliphatic hydroxyl groups excluding tert-OH is 1. The van der Waals surface area contributed by atoms with Gasteiger partial charge in [0.2, 0.25) is 15.5 Å². The Morgan fingerprint density at radius 3 is 2.51 bits per heavy atom. The van der Waals surface area contributed by atoms with E-state index in [1.807, 2.05) is 26.0 Å². The first kappa shape index (κ1) is 32.1. The molecule has 6 rings (SSSR count). The number of sulfonamides is 1. The van der Waals surface area contributed by atoms with Gasteiger partial charge in [-0.05, 0) is 82.7 Å². The summed E-state index contributed by atoms with van der Waals surface area (Å²) >= 11 is 0. The van der Waals surface area contributed by atoms with Crippen molar-refractivity contribution in [2.24, 2.45) is 0 Å². The van der Waals surface area contributed by atoms with Crippen LogP contribution in [0.3, 0.4) is 0 Å². The fraction of sp³-hybridized carbons (Fsp3) is 0.531. The van der Waals surface area contributed by atoms with Gasteiger partial charge in [0.1, 0.15) is 10.6 Å². The van der Waals surface area contributed by atoms with E-state index >= 15 is 0 Å². The number of rotatable bonds is 10. The summed E-state index contributed by atoms with van der Waals surface area (Å²) in [5.74, 6) is 0.363. The molecule has 3 aromatic rings. The molecule has 1 spiro atoms. The van der Waals surface area contributed by atoms with Gasteiger partial charge in [-0.15, -0.1) is 5.06 Å². The third kappa shape index (κ3) is 6.30. The van der Waals surface area contributed by atoms with Crippen molar-refractivity contribution in [3.63, 3.8) is 0 Å². The van der Waals surface area contributed by atoms with E-state index in [1.165, 1.54) is 16.6 Å². The first-order valence-corrected chi connectivity index (χ1v) is 18.6. The third-order valence-electron chi connectivity index (χ3n) is 9.16. The normalized spacial score (nSPS) is 21.5. The zero-order valence-corrected chi connectivity index (χ0v) is 27.5. The number of pyridine rings is 1. The van der Waals surface area contributed by atoms with Crippen molar-refractivity contribution in [2.75, 3.05) is 26.2 Å². The van der Waals surface area contributed by atoms with Gasteiger partial charge in [-0.2, -0.15) is 4.31 Å². The molecule has 0 bridgehead atoms. The minimum absolute atomic E-state index is 0.176. The predicted octanol–water partition coefficient (Wildman–Crippen LogP) is 3.25. The second kappa shape index (κ2) is 12.1. The maximum atomic E-state index is 13.8. The lowest BCUT2D eigenvalue weighted by Gasteiger charge is -2.38. The number of aryl methyl sites for hydroxylation is 2. The van der Waals surface area contributed by atoms with Crippen molar-refractivity contribution in [1.29, 1.82) is 0 Å². The van der Waals surface area contributed by atoms with Gasteiger partial charge in [0.15, 0.2) is 9.84 Å². The fourth-order valence-corrected chi connectivity index (χ4v) is 9.72. The standard InChI is InChI=1S/C32H41N3O8S2/c1-4-33-20-30(31(37)28-11-8-22(2)16-29(28)33)45(40,41)34-14-12-32(13-15-34)18-24(21-42-32)35(19-23(3)36)43-25-6-5-7-27(17-25)44(38,39)26-9-10-26/h5-8,11,16-17,20,23-24,26,36H,4,9-10,12-15,18-19,21H2,1-3H3/t23?,24-/m1/s1. The number of aromatic nitrogens is 1. The van der Waals surface area contributed by atoms with Crippen LogP contribution in [0.1, 0.15) is 51.5 Å². The van der Waals surface area contributed by atoms with Crippen molar-refractivity contribution in [1.82, 2.24) is 13.9 Å². The van der Waals surface area contributed by atoms with Crippen molar-refractivity contribution >= 4 is 30.8 Å². The molecule has 1 unspecified atom stereocenters. The van der Waals surface area contributed by atoms with E-state index in [9.17, 15) is 26.7 Å². The van der Waals surface area contributed by atoms with Gasteiger partial charge < -0.3 is 19.2 Å². The van der Waals surface area contributed by atoms with Crippen LogP contribution >= 0.6 is 0 Å². The van der Waals surface area contributed by atoms with E-state index in [2.05, 4.69) is 0 Å². The summed E-state index contributed by atoms with van der Waals surface area (Å²) in [6.07, 6.45) is 3.50. The Balaban J connectivity index is 1.17. The largest absolute Gasteiger partial charge is 0.406 e. The average Bonchev–Trinajstić information content (AvgIpc) is 3.79. The quantitative estimate of drug-likeness (QED) is 0.326. The Morgan fingerprint density at radius 2 is 1.84 bits per heavy atom. The van der Waals surface area contributed by atoms with Crippen LogP contribution in [0.25, 0.3) is 10.9 Å². The molecular formula is C32H41N3O8S2. The van der Waals surface area contributed by atoms with E-state index in [-0.39, 0.29) is 40.7 Å². The number of fused-ring (bicyclic) bond motifs is 1. The Bertz CT molecular complexity index is 1860. The maximum Gasteiger partial charge on any atom is 0.248 e. The van der Waals surface area contributed by atoms with Crippen molar-refractivity contribution in [3.05, 3.63) is 64.4 Å². The van der Waals surface area contributed by atoms with E-state index < -0.39 is 37.0 Å². The lowest BCUT2D eigenvalue weighted by atomic mass is 9.88. The van der Waals surface area contributed by atoms with Gasteiger partial charge in [0.05, 0.1) is 46.6 Å². The molecule has 0 radical (unpaired) electrons. The van der Waals surface area contributed by atoms with Crippen LogP contribution in [-0.2, 0) is 31.1 Å². The molecule has 3 fully saturated rings. The van der Waals surface area contributed by atoms with E-state index in [4.69, 9.17) is 9.57 Å². The van der Waals surface area contributed by atoms with Gasteiger partial charge >= 0.3 is 0 Å². The van der Waals surface area contributed by atoms with Crippen LogP contribution in [0, 0.1) is 6.92 Å². The van der Waals surface area contributed by atoms with E-state index in [0.29, 0.717) is 61.9 Å². The molecule has 1 N–H and O–H groups in total. The fourth-order valence-electron chi connectivity index (χ4n) is 6.48. The van der Waals surface area contributed by atoms with Crippen molar-refractivity contribution in [2.45, 2.75) is 92.2 Å². The summed E-state index contributed by atoms with van der Waals surface area (Å²) in [4.78, 5) is 19.6. The Labute approximate surface area is 264 Å². The second-order valence-corrected chi connectivity index (χ2v) is 16.8. The first-order valence-electron chi connectivity index (χ1n) is 15.6. The molecule has 244 valence electrons. The monoisotopic (exact) mass is 659 g/mol. The van der Waals surface area contributed by atoms with Crippen LogP contribution in [0.15, 0.2) is 63.2 Å². The maximum absolute atomic E-state index is 13.8. The number of hydrogen-bond acceptors (Lipinski definition) is 9. The molecule has 2 atom stereocenters. The van der Waals surface area contributed by atoms with Crippen molar-refractivity contribution in [3.8, 4) is 5.75 Å². The molecule has 3 aliphatic rings. The molecule has 3 heterocycles. The number of ether oxygens (including phenoxy) is 1. The van der Waals surface area contributed by atoms with Gasteiger partial charge in [0.25, 0.3) is 0 Å². The summed E-state index contributed by atoms with van der Waals surface area (Å²) in [5.41, 5.74) is 0.624. The number of piperidine rings is 1. The summed E-state index contributed by atoms with van der Waals surface area (Å²) < 4.78 is 62.7. The molecule has 2 aromatic carbocycles. The zero-order chi connectivity index (χ0) is 32.1. The Kier molecular flexibility index (Phi) is 8.63. The van der Waals surface area contributed by atoms with Gasteiger partial charge in [-0.1, -0.05) is 12.1 Å². The first-order chi connectivity index (χ1) is 21.3. The number of hydroxylamine groups is 2. The number of hydrogen-bond donors (Lipinski definition) is 1. The molecular weight excluding hydrogens is 618 g/mol. The second-order valence-electron chi connectivity index (χ2n) is 12.6. The smallest absolute Gasteiger partial charge is 0.248 e. The number of sulfone groups is 1. The summed E-state index contributed by atoms with van der Waals surface area (Å²) in [5, 5.41) is 11.9. The lowest BCUT2D eigenvalue weighted by Crippen LogP contribution is -2.48. The molecule has 1 aromatic heterocycles. The third-order valence-corrected chi connectivity index (χ3v) is 13.3. The van der Waals surface area contributed by atoms with Crippen LogP contribution in [0.5, 0.6) is 5.75 Å². The summed E-state index contributed by atoms with van der Waals surface area (Å²) in [6, 6.07) is 11.6. The van der Waals surface area contributed by atoms with E-state index in [0.717, 1.165) is 5.56 Å². The number of benzene rings is 2. The number of aliphatic hydroxyl groups is 1. The summed E-state index contributed by atoms with van der Waals surface area (Å²) in [7, 11) is -7.44. The van der Waals surface area contributed by atoms with E-state index in [1.54, 1.807) is 40.8 Å². The molecule has 1 saturated carbocycles. The molecule has 2 saturated heterocycles. The minimum Gasteiger partial charge on any atom is -0.406 e. The summed E-state index contributed by atoms with van der Waals surface area (Å²) in [6.45, 7) is 6.91. The molecule has 45 heavy (non-hydrogen) atoms. The van der Waals surface area contributed by atoms with Gasteiger partial charge in [-0.25, -0.2) is 16.8 Å². The van der Waals surface area contributed by atoms with Crippen LogP contribution < -0.4 is 10.3 Å². The predicted molar refractivity (Wildman–Crippen MR) is 169 cm³/mol. The lowest BCUT2D eigenvalue weighted by molar-refractivity contribution is -0.115. The highest BCUT2D eigenvalue weighted by molar-refractivity contribution is 7.92. The molecule has 11 nitrogen and oxygen atoms in total. The highest BCUT2D eigenvalue weighted by Crippen LogP contribution is 2.40. The average molecular weight is 660 g/mol. The SMILES string of the molecule is CCn1cc(S(=O)(=O)N2CCC3(CC2)C[C@@H](N(CC(C)O)Oc2cccc(S(=O)(=O)C4CC4)c2)CO3)c(=O)c2ccc(C)cc21. The van der Waals surface area contributed by atoms with Crippen LogP contribution in [0.4, 0.5) is 0 Å². The Morgan fingerprint density at radius 1 is 1.11 bits per heavy atom. The highest BCUT2D eigenvalue weighted by atomic mass is 32.2. The molecule has 1 aliphatic carbocycles. The van der Waals surface area contributed by atoms with Gasteiger partial charge in [0, 0.05) is 37.3 Å². The molecule has 2 aliphatic heterocycles. The van der Waals surface area contributed by atoms with Crippen molar-refractivity contribution < 1.29 is 31.5 Å². The minimum atomic E-state index is -4.05. The topological polar surface area (TPSA) is 135 Å². The Hall–Kier alpha value is -2.81. The van der Waals surface area contributed by atoms with Gasteiger partial charge in [-0.3, -0.25) is 4.79 Å². The van der Waals surface area contributed by atoms with Crippen LogP contribution in [0.2, 0.25) is 0 Å².